The Morgan fingerprint density at radius 3 is 2.72 bits per heavy atom. The Hall–Kier alpha value is -2.11. The van der Waals surface area contributed by atoms with Gasteiger partial charge in [-0.1, -0.05) is 13.8 Å². The predicted molar refractivity (Wildman–Crippen MR) is 67.7 cm³/mol. The number of fused-ring (bicyclic) bond motifs is 1. The van der Waals surface area contributed by atoms with Gasteiger partial charge in [0.2, 0.25) is 0 Å². The molecule has 96 valence electrons. The number of aromatic amines is 1. The summed E-state index contributed by atoms with van der Waals surface area (Å²) >= 11 is 0. The fourth-order valence-corrected chi connectivity index (χ4v) is 2.26. The van der Waals surface area contributed by atoms with E-state index in [1.165, 1.54) is 12.4 Å². The quantitative estimate of drug-likeness (QED) is 0.846. The minimum atomic E-state index is -0.749. The van der Waals surface area contributed by atoms with Crippen molar-refractivity contribution in [3.8, 4) is 0 Å². The Bertz CT molecular complexity index is 637. The third kappa shape index (κ3) is 1.79. The molecule has 1 amide bonds. The molecule has 0 atom stereocenters. The zero-order valence-corrected chi connectivity index (χ0v) is 10.4. The van der Waals surface area contributed by atoms with Crippen LogP contribution in [0.1, 0.15) is 48.7 Å². The molecule has 3 N–H and O–H groups in total. The zero-order chi connectivity index (χ0) is 13.3. The number of nitrogens with one attached hydrogen (secondary N) is 1. The van der Waals surface area contributed by atoms with Gasteiger partial charge in [0.1, 0.15) is 11.9 Å². The molecule has 2 aromatic heterocycles. The van der Waals surface area contributed by atoms with Crippen molar-refractivity contribution >= 4 is 11.6 Å². The number of hydrogen-bond donors (Lipinski definition) is 2. The molecule has 0 spiro atoms. The number of rotatable bonds is 4. The molecule has 0 aliphatic rings. The largest absolute Gasteiger partial charge is 0.365 e. The molecule has 0 fully saturated rings. The third-order valence-electron chi connectivity index (χ3n) is 3.24. The third-order valence-corrected chi connectivity index (χ3v) is 3.24. The topological polar surface area (TPSA) is 93.2 Å². The lowest BCUT2D eigenvalue weighted by atomic mass is 9.98. The van der Waals surface area contributed by atoms with Gasteiger partial charge in [0, 0.05) is 17.7 Å². The molecule has 0 unspecified atom stereocenters. The van der Waals surface area contributed by atoms with Gasteiger partial charge in [-0.15, -0.1) is 0 Å². The molecule has 0 saturated carbocycles. The van der Waals surface area contributed by atoms with Gasteiger partial charge >= 0.3 is 0 Å². The van der Waals surface area contributed by atoms with E-state index in [0.717, 1.165) is 18.5 Å². The summed E-state index contributed by atoms with van der Waals surface area (Å²) in [5, 5.41) is 2.92. The molecule has 0 saturated heterocycles. The van der Waals surface area contributed by atoms with Crippen molar-refractivity contribution in [3.05, 3.63) is 33.9 Å². The minimum absolute atomic E-state index is 0.0639. The summed E-state index contributed by atoms with van der Waals surface area (Å²) in [5.41, 5.74) is 5.93. The van der Waals surface area contributed by atoms with Gasteiger partial charge in [-0.05, 0) is 12.8 Å². The van der Waals surface area contributed by atoms with Crippen molar-refractivity contribution in [1.82, 2.24) is 14.6 Å². The van der Waals surface area contributed by atoms with Crippen LogP contribution in [0.5, 0.6) is 0 Å². The molecule has 2 aromatic rings. The maximum atomic E-state index is 12.0. The number of nitrogens with zero attached hydrogens (tertiary/aromatic N) is 2. The van der Waals surface area contributed by atoms with Crippen molar-refractivity contribution in [2.24, 2.45) is 5.73 Å². The van der Waals surface area contributed by atoms with Crippen molar-refractivity contribution < 1.29 is 4.79 Å². The van der Waals surface area contributed by atoms with E-state index in [-0.39, 0.29) is 16.9 Å². The lowest BCUT2D eigenvalue weighted by molar-refractivity contribution is 0.100. The zero-order valence-electron chi connectivity index (χ0n) is 10.4. The Labute approximate surface area is 104 Å². The molecule has 0 bridgehead atoms. The van der Waals surface area contributed by atoms with Crippen molar-refractivity contribution in [2.75, 3.05) is 0 Å². The molecule has 6 heteroatoms. The first-order valence-corrected chi connectivity index (χ1v) is 5.98. The number of carbonyl (C=O) groups excluding carboxylic acids is 1. The second kappa shape index (κ2) is 4.64. The average Bonchev–Trinajstić information content (AvgIpc) is 2.78. The number of hydrogen-bond acceptors (Lipinski definition) is 3. The molecule has 6 nitrogen and oxygen atoms in total. The van der Waals surface area contributed by atoms with Gasteiger partial charge in [-0.3, -0.25) is 14.7 Å². The van der Waals surface area contributed by atoms with Gasteiger partial charge in [0.25, 0.3) is 5.91 Å². The van der Waals surface area contributed by atoms with Crippen LogP contribution in [0.3, 0.4) is 0 Å². The maximum absolute atomic E-state index is 12.0. The van der Waals surface area contributed by atoms with Crippen LogP contribution in [-0.2, 0) is 0 Å². The summed E-state index contributed by atoms with van der Waals surface area (Å²) in [6.07, 6.45) is 3.27. The van der Waals surface area contributed by atoms with Crippen molar-refractivity contribution in [1.29, 1.82) is 0 Å². The van der Waals surface area contributed by atoms with E-state index in [9.17, 15) is 9.59 Å². The van der Waals surface area contributed by atoms with Crippen LogP contribution in [0.25, 0.3) is 5.65 Å². The summed E-state index contributed by atoms with van der Waals surface area (Å²) in [4.78, 5) is 27.3. The molecule has 2 rings (SSSR count). The van der Waals surface area contributed by atoms with E-state index in [2.05, 4.69) is 23.9 Å². The van der Waals surface area contributed by atoms with Gasteiger partial charge in [-0.25, -0.2) is 9.50 Å². The van der Waals surface area contributed by atoms with E-state index in [0.29, 0.717) is 5.65 Å². The molecule has 0 radical (unpaired) electrons. The highest BCUT2D eigenvalue weighted by Gasteiger charge is 2.19. The van der Waals surface area contributed by atoms with Gasteiger partial charge in [0.15, 0.2) is 11.1 Å². The first kappa shape index (κ1) is 12.3. The Morgan fingerprint density at radius 2 is 2.17 bits per heavy atom. The molecular formula is C12H16N4O2. The first-order chi connectivity index (χ1) is 8.60. The number of pyridine rings is 1. The number of carbonyl (C=O) groups is 1. The summed E-state index contributed by atoms with van der Waals surface area (Å²) in [7, 11) is 0. The van der Waals surface area contributed by atoms with Crippen LogP contribution < -0.4 is 11.2 Å². The lowest BCUT2D eigenvalue weighted by Gasteiger charge is -2.14. The lowest BCUT2D eigenvalue weighted by Crippen LogP contribution is -2.25. The number of aromatic nitrogens is 3. The minimum Gasteiger partial charge on any atom is -0.365 e. The van der Waals surface area contributed by atoms with E-state index >= 15 is 0 Å². The number of primary amides is 1. The molecule has 0 aliphatic carbocycles. The fourth-order valence-electron chi connectivity index (χ4n) is 2.26. The second-order valence-electron chi connectivity index (χ2n) is 4.23. The molecule has 0 aliphatic heterocycles. The van der Waals surface area contributed by atoms with Crippen LogP contribution in [0.2, 0.25) is 0 Å². The fraction of sp³-hybridized carbons (Fsp3) is 0.417. The van der Waals surface area contributed by atoms with Crippen molar-refractivity contribution in [3.63, 3.8) is 0 Å². The molecule has 0 aromatic carbocycles. The van der Waals surface area contributed by atoms with E-state index in [4.69, 9.17) is 5.73 Å². The molecular weight excluding hydrogens is 232 g/mol. The van der Waals surface area contributed by atoms with Gasteiger partial charge in [-0.2, -0.15) is 0 Å². The van der Waals surface area contributed by atoms with Crippen LogP contribution in [0, 0.1) is 0 Å². The van der Waals surface area contributed by atoms with Gasteiger partial charge in [0.05, 0.1) is 0 Å². The number of amides is 1. The summed E-state index contributed by atoms with van der Waals surface area (Å²) in [6.45, 7) is 4.12. The standard InChI is InChI=1S/C12H16N4O2/c1-3-7(4-2)8-5-9(17)10(11(13)18)12-14-6-15-16(8)12/h5-7H,3-4H2,1-2H3,(H2,13,18)(H,14,15). The van der Waals surface area contributed by atoms with Crippen LogP contribution in [-0.4, -0.2) is 20.5 Å². The van der Waals surface area contributed by atoms with Gasteiger partial charge < -0.3 is 5.73 Å². The highest BCUT2D eigenvalue weighted by atomic mass is 16.2. The summed E-state index contributed by atoms with van der Waals surface area (Å²) in [5.74, 6) is -0.506. The Balaban J connectivity index is 2.79. The number of nitrogens with two attached hydrogens (primary N) is 1. The monoisotopic (exact) mass is 248 g/mol. The first-order valence-electron chi connectivity index (χ1n) is 5.98. The number of H-pyrrole nitrogens is 1. The molecule has 18 heavy (non-hydrogen) atoms. The smallest absolute Gasteiger partial charge is 0.256 e. The normalized spacial score (nSPS) is 11.3. The Kier molecular flexibility index (Phi) is 3.18. The molecule has 2 heterocycles. The van der Waals surface area contributed by atoms with E-state index in [1.54, 1.807) is 4.52 Å². The van der Waals surface area contributed by atoms with Crippen molar-refractivity contribution in [2.45, 2.75) is 32.6 Å². The SMILES string of the molecule is CCC(CC)c1cc(=O)c(C(N)=O)c2nc[nH]n12. The summed E-state index contributed by atoms with van der Waals surface area (Å²) < 4.78 is 1.67. The van der Waals surface area contributed by atoms with E-state index < -0.39 is 5.91 Å². The van der Waals surface area contributed by atoms with E-state index in [1.807, 2.05) is 0 Å². The van der Waals surface area contributed by atoms with Crippen LogP contribution in [0.4, 0.5) is 0 Å². The van der Waals surface area contributed by atoms with Crippen LogP contribution in [0.15, 0.2) is 17.2 Å². The second-order valence-corrected chi connectivity index (χ2v) is 4.23. The summed E-state index contributed by atoms with van der Waals surface area (Å²) in [6, 6.07) is 1.48. The average molecular weight is 248 g/mol. The maximum Gasteiger partial charge on any atom is 0.256 e. The highest BCUT2D eigenvalue weighted by Crippen LogP contribution is 2.22. The highest BCUT2D eigenvalue weighted by molar-refractivity contribution is 5.98. The predicted octanol–water partition coefficient (Wildman–Crippen LogP) is 1.03. The van der Waals surface area contributed by atoms with Crippen LogP contribution >= 0.6 is 0 Å². The Morgan fingerprint density at radius 1 is 1.50 bits per heavy atom.